The molecule has 0 aliphatic carbocycles. The van der Waals surface area contributed by atoms with Crippen molar-refractivity contribution >= 4 is 28.3 Å². The molecule has 1 aromatic rings. The van der Waals surface area contributed by atoms with Gasteiger partial charge in [0.05, 0.1) is 0 Å². The molecule has 2 atom stereocenters. The van der Waals surface area contributed by atoms with E-state index in [1.54, 1.807) is 0 Å². The van der Waals surface area contributed by atoms with Crippen LogP contribution < -0.4 is 5.73 Å². The molecule has 1 aliphatic rings. The van der Waals surface area contributed by atoms with Crippen molar-refractivity contribution in [3.05, 3.63) is 34.1 Å². The summed E-state index contributed by atoms with van der Waals surface area (Å²) in [5, 5.41) is 0. The molecule has 18 heavy (non-hydrogen) atoms. The fraction of sp³-hybridized carbons (Fsp3) is 0.538. The molecule has 1 saturated heterocycles. The standard InChI is InChI=1S/C13H18BrFN2.ClH/c1-9(16)10-4-5-17(7-10)8-11-2-3-12(15)6-13(11)14;/h2-3,6,9-10H,4-5,7-8,16H2,1H3;1H. The van der Waals surface area contributed by atoms with E-state index >= 15 is 0 Å². The summed E-state index contributed by atoms with van der Waals surface area (Å²) < 4.78 is 13.8. The van der Waals surface area contributed by atoms with Crippen molar-refractivity contribution in [2.45, 2.75) is 25.9 Å². The van der Waals surface area contributed by atoms with E-state index in [0.717, 1.165) is 36.1 Å². The molecule has 1 heterocycles. The van der Waals surface area contributed by atoms with E-state index in [1.165, 1.54) is 12.1 Å². The monoisotopic (exact) mass is 336 g/mol. The highest BCUT2D eigenvalue weighted by Crippen LogP contribution is 2.24. The summed E-state index contributed by atoms with van der Waals surface area (Å²) >= 11 is 3.41. The lowest BCUT2D eigenvalue weighted by Gasteiger charge is -2.18. The van der Waals surface area contributed by atoms with Crippen molar-refractivity contribution in [3.63, 3.8) is 0 Å². The Morgan fingerprint density at radius 3 is 2.83 bits per heavy atom. The van der Waals surface area contributed by atoms with Gasteiger partial charge in [-0.1, -0.05) is 22.0 Å². The molecule has 1 aliphatic heterocycles. The van der Waals surface area contributed by atoms with E-state index in [0.29, 0.717) is 5.92 Å². The predicted octanol–water partition coefficient (Wildman–Crippen LogP) is 3.18. The molecule has 2 N–H and O–H groups in total. The molecule has 2 unspecified atom stereocenters. The molecule has 1 fully saturated rings. The first kappa shape index (κ1) is 15.9. The number of nitrogens with zero attached hydrogens (tertiary/aromatic N) is 1. The van der Waals surface area contributed by atoms with E-state index in [2.05, 4.69) is 27.8 Å². The van der Waals surface area contributed by atoms with Gasteiger partial charge in [-0.2, -0.15) is 0 Å². The predicted molar refractivity (Wildman–Crippen MR) is 78.4 cm³/mol. The molecular weight excluding hydrogens is 319 g/mol. The van der Waals surface area contributed by atoms with Crippen molar-refractivity contribution in [2.24, 2.45) is 11.7 Å². The van der Waals surface area contributed by atoms with E-state index in [1.807, 2.05) is 6.07 Å². The van der Waals surface area contributed by atoms with Crippen LogP contribution in [0.5, 0.6) is 0 Å². The fourth-order valence-electron chi connectivity index (χ4n) is 2.33. The maximum atomic E-state index is 13.0. The summed E-state index contributed by atoms with van der Waals surface area (Å²) in [7, 11) is 0. The minimum atomic E-state index is -0.199. The Hall–Kier alpha value is -0.160. The molecule has 2 nitrogen and oxygen atoms in total. The van der Waals surface area contributed by atoms with E-state index in [4.69, 9.17) is 5.73 Å². The third-order valence-corrected chi connectivity index (χ3v) is 4.20. The van der Waals surface area contributed by atoms with Gasteiger partial charge >= 0.3 is 0 Å². The normalized spacial score (nSPS) is 21.7. The number of nitrogens with two attached hydrogens (primary N) is 1. The van der Waals surface area contributed by atoms with E-state index < -0.39 is 0 Å². The third-order valence-electron chi connectivity index (χ3n) is 3.46. The molecule has 0 bridgehead atoms. The van der Waals surface area contributed by atoms with E-state index in [-0.39, 0.29) is 24.3 Å². The summed E-state index contributed by atoms with van der Waals surface area (Å²) in [6.45, 7) is 5.06. The summed E-state index contributed by atoms with van der Waals surface area (Å²) in [5.41, 5.74) is 7.05. The summed E-state index contributed by atoms with van der Waals surface area (Å²) in [5.74, 6) is 0.393. The van der Waals surface area contributed by atoms with Crippen LogP contribution in [0.4, 0.5) is 4.39 Å². The highest BCUT2D eigenvalue weighted by molar-refractivity contribution is 9.10. The van der Waals surface area contributed by atoms with Crippen molar-refractivity contribution in [1.29, 1.82) is 0 Å². The SMILES string of the molecule is CC(N)C1CCN(Cc2ccc(F)cc2Br)C1.Cl. The summed E-state index contributed by atoms with van der Waals surface area (Å²) in [4.78, 5) is 2.38. The lowest BCUT2D eigenvalue weighted by Crippen LogP contribution is -2.29. The van der Waals surface area contributed by atoms with Crippen molar-refractivity contribution in [1.82, 2.24) is 4.90 Å². The number of benzene rings is 1. The highest BCUT2D eigenvalue weighted by Gasteiger charge is 2.25. The summed E-state index contributed by atoms with van der Waals surface area (Å²) in [6, 6.07) is 5.14. The number of likely N-dealkylation sites (tertiary alicyclic amines) is 1. The van der Waals surface area contributed by atoms with Crippen LogP contribution in [0.1, 0.15) is 18.9 Å². The molecule has 2 rings (SSSR count). The fourth-order valence-corrected chi connectivity index (χ4v) is 2.80. The lowest BCUT2D eigenvalue weighted by molar-refractivity contribution is 0.308. The molecule has 0 amide bonds. The Bertz CT molecular complexity index is 401. The van der Waals surface area contributed by atoms with Crippen LogP contribution in [-0.4, -0.2) is 24.0 Å². The number of rotatable bonds is 3. The second kappa shape index (κ2) is 6.85. The molecule has 102 valence electrons. The quantitative estimate of drug-likeness (QED) is 0.918. The second-order valence-corrected chi connectivity index (χ2v) is 5.73. The maximum Gasteiger partial charge on any atom is 0.124 e. The molecule has 0 aromatic heterocycles. The number of hydrogen-bond acceptors (Lipinski definition) is 2. The van der Waals surface area contributed by atoms with Gasteiger partial charge in [0.2, 0.25) is 0 Å². The number of halogens is 3. The Morgan fingerprint density at radius 1 is 1.56 bits per heavy atom. The van der Waals surface area contributed by atoms with Crippen LogP contribution in [0.15, 0.2) is 22.7 Å². The molecule has 1 aromatic carbocycles. The van der Waals surface area contributed by atoms with Crippen LogP contribution in [0, 0.1) is 11.7 Å². The second-order valence-electron chi connectivity index (χ2n) is 4.88. The zero-order valence-electron chi connectivity index (χ0n) is 10.4. The van der Waals surface area contributed by atoms with Crippen molar-refractivity contribution in [3.8, 4) is 0 Å². The van der Waals surface area contributed by atoms with Gasteiger partial charge in [-0.15, -0.1) is 12.4 Å². The van der Waals surface area contributed by atoms with Gasteiger partial charge < -0.3 is 5.73 Å². The Kier molecular flexibility index (Phi) is 6.05. The van der Waals surface area contributed by atoms with Gasteiger partial charge in [-0.25, -0.2) is 4.39 Å². The average Bonchev–Trinajstić information content (AvgIpc) is 2.71. The molecule has 5 heteroatoms. The smallest absolute Gasteiger partial charge is 0.124 e. The van der Waals surface area contributed by atoms with Crippen LogP contribution in [0.2, 0.25) is 0 Å². The third kappa shape index (κ3) is 3.92. The Morgan fingerprint density at radius 2 is 2.28 bits per heavy atom. The van der Waals surface area contributed by atoms with E-state index in [9.17, 15) is 4.39 Å². The van der Waals surface area contributed by atoms with Crippen LogP contribution in [0.3, 0.4) is 0 Å². The van der Waals surface area contributed by atoms with Crippen LogP contribution >= 0.6 is 28.3 Å². The van der Waals surface area contributed by atoms with Crippen molar-refractivity contribution in [2.75, 3.05) is 13.1 Å². The maximum absolute atomic E-state index is 13.0. The average molecular weight is 338 g/mol. The molecule has 0 saturated carbocycles. The Labute approximate surface area is 122 Å². The van der Waals surface area contributed by atoms with Gasteiger partial charge in [0, 0.05) is 23.6 Å². The van der Waals surface area contributed by atoms with Gasteiger partial charge in [-0.05, 0) is 43.5 Å². The molecular formula is C13H19BrClFN2. The largest absolute Gasteiger partial charge is 0.328 e. The zero-order chi connectivity index (χ0) is 12.4. The first-order valence-corrected chi connectivity index (χ1v) is 6.77. The minimum Gasteiger partial charge on any atom is -0.328 e. The lowest BCUT2D eigenvalue weighted by atomic mass is 10.0. The minimum absolute atomic E-state index is 0. The van der Waals surface area contributed by atoms with Gasteiger partial charge in [0.15, 0.2) is 0 Å². The Balaban J connectivity index is 0.00000162. The first-order chi connectivity index (χ1) is 8.06. The van der Waals surface area contributed by atoms with Gasteiger partial charge in [-0.3, -0.25) is 4.90 Å². The molecule has 0 spiro atoms. The van der Waals surface area contributed by atoms with Crippen LogP contribution in [0.25, 0.3) is 0 Å². The first-order valence-electron chi connectivity index (χ1n) is 5.98. The van der Waals surface area contributed by atoms with Crippen molar-refractivity contribution < 1.29 is 4.39 Å². The van der Waals surface area contributed by atoms with Gasteiger partial charge in [0.1, 0.15) is 5.82 Å². The topological polar surface area (TPSA) is 29.3 Å². The molecule has 0 radical (unpaired) electrons. The number of hydrogen-bond donors (Lipinski definition) is 1. The van der Waals surface area contributed by atoms with Gasteiger partial charge in [0.25, 0.3) is 0 Å². The summed E-state index contributed by atoms with van der Waals surface area (Å²) in [6.07, 6.45) is 1.16. The van der Waals surface area contributed by atoms with Crippen LogP contribution in [-0.2, 0) is 6.54 Å². The zero-order valence-corrected chi connectivity index (χ0v) is 12.8. The highest BCUT2D eigenvalue weighted by atomic mass is 79.9.